The van der Waals surface area contributed by atoms with E-state index in [0.717, 1.165) is 0 Å². The first-order chi connectivity index (χ1) is 9.89. The second kappa shape index (κ2) is 6.34. The van der Waals surface area contributed by atoms with E-state index < -0.39 is 6.36 Å². The molecule has 1 aliphatic rings. The zero-order valence-electron chi connectivity index (χ0n) is 11.4. The molecule has 2 atom stereocenters. The van der Waals surface area contributed by atoms with E-state index in [9.17, 15) is 18.0 Å². The van der Waals surface area contributed by atoms with E-state index in [1.54, 1.807) is 6.07 Å². The number of rotatable bonds is 3. The van der Waals surface area contributed by atoms with E-state index in [1.165, 1.54) is 25.3 Å². The Hall–Kier alpha value is -1.76. The van der Waals surface area contributed by atoms with Gasteiger partial charge in [-0.25, -0.2) is 0 Å². The van der Waals surface area contributed by atoms with Crippen molar-refractivity contribution in [2.75, 3.05) is 20.2 Å². The monoisotopic (exact) mass is 303 g/mol. The first kappa shape index (κ1) is 15.6. The molecule has 1 aromatic rings. The first-order valence-electron chi connectivity index (χ1n) is 6.53. The molecule has 0 bridgehead atoms. The summed E-state index contributed by atoms with van der Waals surface area (Å²) >= 11 is 0. The average Bonchev–Trinajstić information content (AvgIpc) is 2.45. The number of piperidine rings is 1. The number of carbonyl (C=O) groups excluding carboxylic acids is 1. The second-order valence-electron chi connectivity index (χ2n) is 4.93. The lowest BCUT2D eigenvalue weighted by atomic mass is 9.85. The molecule has 1 heterocycles. The van der Waals surface area contributed by atoms with Crippen molar-refractivity contribution in [2.45, 2.75) is 18.7 Å². The number of benzene rings is 1. The summed E-state index contributed by atoms with van der Waals surface area (Å²) in [6, 6.07) is 5.86. The summed E-state index contributed by atoms with van der Waals surface area (Å²) in [5, 5.41) is 3.10. The van der Waals surface area contributed by atoms with Crippen molar-refractivity contribution in [3.05, 3.63) is 29.8 Å². The van der Waals surface area contributed by atoms with Crippen molar-refractivity contribution in [3.8, 4) is 5.75 Å². The number of nitrogens with one attached hydrogen (secondary N) is 1. The van der Waals surface area contributed by atoms with Crippen LogP contribution in [0.2, 0.25) is 0 Å². The highest BCUT2D eigenvalue weighted by Gasteiger charge is 2.32. The molecule has 1 N–H and O–H groups in total. The average molecular weight is 303 g/mol. The SMILES string of the molecule is COC(=O)C1CNCC(c2cccc(OC(F)(F)F)c2)C1. The van der Waals surface area contributed by atoms with Crippen LogP contribution in [0, 0.1) is 5.92 Å². The van der Waals surface area contributed by atoms with Gasteiger partial charge in [0.15, 0.2) is 0 Å². The third-order valence-corrected chi connectivity index (χ3v) is 3.45. The molecule has 4 nitrogen and oxygen atoms in total. The lowest BCUT2D eigenvalue weighted by Crippen LogP contribution is -2.39. The van der Waals surface area contributed by atoms with E-state index in [1.807, 2.05) is 0 Å². The van der Waals surface area contributed by atoms with Crippen molar-refractivity contribution >= 4 is 5.97 Å². The van der Waals surface area contributed by atoms with Crippen LogP contribution in [0.1, 0.15) is 17.9 Å². The molecule has 0 saturated carbocycles. The fourth-order valence-electron chi connectivity index (χ4n) is 2.51. The largest absolute Gasteiger partial charge is 0.573 e. The maximum atomic E-state index is 12.2. The van der Waals surface area contributed by atoms with Gasteiger partial charge in [0.25, 0.3) is 0 Å². The predicted molar refractivity (Wildman–Crippen MR) is 68.9 cm³/mol. The highest BCUT2D eigenvalue weighted by atomic mass is 19.4. The number of hydrogen-bond donors (Lipinski definition) is 1. The molecule has 0 amide bonds. The Bertz CT molecular complexity index is 504. The summed E-state index contributed by atoms with van der Waals surface area (Å²) in [5.41, 5.74) is 0.706. The number of hydrogen-bond acceptors (Lipinski definition) is 4. The molecule has 2 rings (SSSR count). The van der Waals surface area contributed by atoms with Gasteiger partial charge >= 0.3 is 12.3 Å². The summed E-state index contributed by atoms with van der Waals surface area (Å²) in [5.74, 6) is -0.907. The third-order valence-electron chi connectivity index (χ3n) is 3.45. The maximum Gasteiger partial charge on any atom is 0.573 e. The zero-order valence-corrected chi connectivity index (χ0v) is 11.4. The molecule has 0 radical (unpaired) electrons. The second-order valence-corrected chi connectivity index (χ2v) is 4.93. The van der Waals surface area contributed by atoms with E-state index >= 15 is 0 Å². The molecule has 0 aliphatic carbocycles. The molecule has 0 spiro atoms. The zero-order chi connectivity index (χ0) is 15.5. The van der Waals surface area contributed by atoms with Gasteiger partial charge in [-0.15, -0.1) is 13.2 Å². The fourth-order valence-corrected chi connectivity index (χ4v) is 2.51. The Morgan fingerprint density at radius 3 is 2.76 bits per heavy atom. The summed E-state index contributed by atoms with van der Waals surface area (Å²) < 4.78 is 45.3. The van der Waals surface area contributed by atoms with Crippen LogP contribution in [0.4, 0.5) is 13.2 Å². The third kappa shape index (κ3) is 4.35. The van der Waals surface area contributed by atoms with Gasteiger partial charge in [0.1, 0.15) is 5.75 Å². The van der Waals surface area contributed by atoms with Crippen LogP contribution in [0.15, 0.2) is 24.3 Å². The predicted octanol–water partition coefficient (Wildman–Crippen LogP) is 2.45. The number of ether oxygens (including phenoxy) is 2. The molecule has 21 heavy (non-hydrogen) atoms. The summed E-state index contributed by atoms with van der Waals surface area (Å²) in [7, 11) is 1.32. The topological polar surface area (TPSA) is 47.6 Å². The Morgan fingerprint density at radius 2 is 2.10 bits per heavy atom. The van der Waals surface area contributed by atoms with Gasteiger partial charge in [-0.1, -0.05) is 12.1 Å². The minimum Gasteiger partial charge on any atom is -0.469 e. The minimum absolute atomic E-state index is 0.0559. The summed E-state index contributed by atoms with van der Waals surface area (Å²) in [6.45, 7) is 1.12. The Kier molecular flexibility index (Phi) is 4.72. The fraction of sp³-hybridized carbons (Fsp3) is 0.500. The number of methoxy groups -OCH3 is 1. The van der Waals surface area contributed by atoms with E-state index in [4.69, 9.17) is 4.74 Å². The van der Waals surface area contributed by atoms with Gasteiger partial charge in [-0.3, -0.25) is 4.79 Å². The highest BCUT2D eigenvalue weighted by Crippen LogP contribution is 2.31. The summed E-state index contributed by atoms with van der Waals surface area (Å²) in [4.78, 5) is 11.6. The number of esters is 1. The quantitative estimate of drug-likeness (QED) is 0.871. The molecule has 1 aliphatic heterocycles. The minimum atomic E-state index is -4.71. The lowest BCUT2D eigenvalue weighted by molar-refractivity contribution is -0.274. The Morgan fingerprint density at radius 1 is 1.33 bits per heavy atom. The van der Waals surface area contributed by atoms with E-state index in [2.05, 4.69) is 10.1 Å². The van der Waals surface area contributed by atoms with Crippen molar-refractivity contribution in [2.24, 2.45) is 5.92 Å². The van der Waals surface area contributed by atoms with Crippen LogP contribution >= 0.6 is 0 Å². The Labute approximate surface area is 120 Å². The van der Waals surface area contributed by atoms with Crippen LogP contribution in [0.3, 0.4) is 0 Å². The molecular weight excluding hydrogens is 287 g/mol. The van der Waals surface area contributed by atoms with Crippen molar-refractivity contribution in [1.82, 2.24) is 5.32 Å². The number of halogens is 3. The normalized spacial score (nSPS) is 22.7. The van der Waals surface area contributed by atoms with Gasteiger partial charge in [0.2, 0.25) is 0 Å². The van der Waals surface area contributed by atoms with Crippen molar-refractivity contribution in [1.29, 1.82) is 0 Å². The van der Waals surface area contributed by atoms with Gasteiger partial charge in [0.05, 0.1) is 13.0 Å². The van der Waals surface area contributed by atoms with Crippen LogP contribution < -0.4 is 10.1 Å². The molecule has 1 fully saturated rings. The van der Waals surface area contributed by atoms with E-state index in [0.29, 0.717) is 25.1 Å². The molecule has 0 aromatic heterocycles. The van der Waals surface area contributed by atoms with Crippen LogP contribution in [-0.2, 0) is 9.53 Å². The van der Waals surface area contributed by atoms with Gasteiger partial charge in [-0.2, -0.15) is 0 Å². The highest BCUT2D eigenvalue weighted by molar-refractivity contribution is 5.72. The summed E-state index contributed by atoms with van der Waals surface area (Å²) in [6.07, 6.45) is -4.17. The Balaban J connectivity index is 2.10. The van der Waals surface area contributed by atoms with Gasteiger partial charge < -0.3 is 14.8 Å². The van der Waals surface area contributed by atoms with Gasteiger partial charge in [0, 0.05) is 13.1 Å². The number of carbonyl (C=O) groups is 1. The maximum absolute atomic E-state index is 12.2. The molecule has 1 aromatic carbocycles. The van der Waals surface area contributed by atoms with E-state index in [-0.39, 0.29) is 23.6 Å². The van der Waals surface area contributed by atoms with Crippen LogP contribution in [0.5, 0.6) is 5.75 Å². The molecule has 7 heteroatoms. The molecule has 1 saturated heterocycles. The van der Waals surface area contributed by atoms with Crippen LogP contribution in [0.25, 0.3) is 0 Å². The standard InChI is InChI=1S/C14H16F3NO3/c1-20-13(19)11-5-10(7-18-8-11)9-3-2-4-12(6-9)21-14(15,16)17/h2-4,6,10-11,18H,5,7-8H2,1H3. The molecular formula is C14H16F3NO3. The molecule has 2 unspecified atom stereocenters. The lowest BCUT2D eigenvalue weighted by Gasteiger charge is -2.29. The number of alkyl halides is 3. The van der Waals surface area contributed by atoms with Crippen molar-refractivity contribution in [3.63, 3.8) is 0 Å². The smallest absolute Gasteiger partial charge is 0.469 e. The molecule has 116 valence electrons. The van der Waals surface area contributed by atoms with Crippen molar-refractivity contribution < 1.29 is 27.4 Å². The first-order valence-corrected chi connectivity index (χ1v) is 6.53. The van der Waals surface area contributed by atoms with Gasteiger partial charge in [-0.05, 0) is 30.0 Å². The van der Waals surface area contributed by atoms with Crippen LogP contribution in [-0.4, -0.2) is 32.5 Å².